The van der Waals surface area contributed by atoms with Gasteiger partial charge in [-0.3, -0.25) is 9.97 Å². The van der Waals surface area contributed by atoms with Crippen LogP contribution in [0.15, 0.2) is 255 Å². The van der Waals surface area contributed by atoms with E-state index in [0.29, 0.717) is 37.2 Å². The number of aromatic nitrogens is 2. The molecule has 0 saturated heterocycles. The number of rotatable bonds is 12. The number of fused-ring (bicyclic) bond motifs is 4. The molecule has 0 spiro atoms. The molecular weight excluding hydrogens is 1010 g/mol. The molecule has 4 aliphatic heterocycles. The van der Waals surface area contributed by atoms with Gasteiger partial charge < -0.3 is 48.7 Å². The number of pyridine rings is 2. The number of ether oxygens (including phenoxy) is 2. The molecule has 12 heteroatoms. The van der Waals surface area contributed by atoms with Crippen LogP contribution in [0.25, 0.3) is 22.3 Å². The van der Waals surface area contributed by atoms with E-state index in [1.165, 1.54) is 4.90 Å². The first kappa shape index (κ1) is 45.2. The first-order chi connectivity index (χ1) is 41.6. The Hall–Kier alpha value is -10.7. The van der Waals surface area contributed by atoms with Gasteiger partial charge >= 0.3 is 0 Å². The van der Waals surface area contributed by atoms with Gasteiger partial charge in [-0.2, -0.15) is 0 Å². The number of benzene rings is 9. The number of anilines is 14. The lowest BCUT2D eigenvalue weighted by molar-refractivity contribution is 0.482. The quantitative estimate of drug-likeness (QED) is 0.117. The van der Waals surface area contributed by atoms with Crippen LogP contribution in [-0.2, 0) is 0 Å². The molecule has 15 rings (SSSR count). The third-order valence-corrected chi connectivity index (χ3v) is 15.8. The van der Waals surface area contributed by atoms with Crippen LogP contribution < -0.4 is 48.7 Å². The standard InChI is InChI=1S/C70H56N10O2/c1-73-45-75(67-31-33-71-43-69(67)73)57-35-51(49-15-5-3-6-16-49)37-61(41-57)81-59-21-13-19-55(39-59)79-47-77(63-23-9-11-25-65(63)79)53-27-29-54(30-28-53)78-48-80(66-26-12-10-24-64(66)78)56-20-14-22-60(40-56)82-62-38-52(50-17-7-4-8-18-50)36-58(42-62)76-46-74(2)70-44-72-34-32-68(70)76/h3-44H,45-48H2,1-2H3/i1D3. The molecule has 0 N–H and O–H groups in total. The summed E-state index contributed by atoms with van der Waals surface area (Å²) < 4.78 is 38.6. The Labute approximate surface area is 481 Å². The zero-order valence-corrected chi connectivity index (χ0v) is 44.9. The van der Waals surface area contributed by atoms with E-state index in [9.17, 15) is 0 Å². The molecule has 9 aromatic carbocycles. The molecule has 0 saturated carbocycles. The number of para-hydroxylation sites is 4. The monoisotopic (exact) mass is 1070 g/mol. The van der Waals surface area contributed by atoms with E-state index in [-0.39, 0.29) is 6.67 Å². The maximum Gasteiger partial charge on any atom is 0.130 e. The summed E-state index contributed by atoms with van der Waals surface area (Å²) in [6, 6.07) is 79.6. The Morgan fingerprint density at radius 2 is 0.683 bits per heavy atom. The number of hydrogen-bond donors (Lipinski definition) is 0. The maximum atomic E-state index is 8.32. The van der Waals surface area contributed by atoms with Gasteiger partial charge in [-0.1, -0.05) is 97.1 Å². The Morgan fingerprint density at radius 3 is 1.13 bits per heavy atom. The summed E-state index contributed by atoms with van der Waals surface area (Å²) in [4.78, 5) is 26.0. The molecular formula is C70H56N10O2. The van der Waals surface area contributed by atoms with E-state index < -0.39 is 6.98 Å². The third-order valence-electron chi connectivity index (χ3n) is 15.8. The Balaban J connectivity index is 0.677. The van der Waals surface area contributed by atoms with Gasteiger partial charge in [0.1, 0.15) is 36.3 Å². The normalized spacial score (nSPS) is 14.8. The van der Waals surface area contributed by atoms with Gasteiger partial charge in [-0.15, -0.1) is 0 Å². The zero-order valence-electron chi connectivity index (χ0n) is 47.9. The Morgan fingerprint density at radius 1 is 0.305 bits per heavy atom. The molecule has 0 atom stereocenters. The first-order valence-corrected chi connectivity index (χ1v) is 27.4. The van der Waals surface area contributed by atoms with Crippen molar-refractivity contribution in [2.24, 2.45) is 0 Å². The highest BCUT2D eigenvalue weighted by Gasteiger charge is 2.32. The number of nitrogens with zero attached hydrogens (tertiary/aromatic N) is 10. The molecule has 0 amide bonds. The average Bonchev–Trinajstić information content (AvgIpc) is 4.51. The number of hydrogen-bond acceptors (Lipinski definition) is 12. The van der Waals surface area contributed by atoms with E-state index in [1.807, 2.05) is 78.0 Å². The van der Waals surface area contributed by atoms with Crippen LogP contribution >= 0.6 is 0 Å². The molecule has 0 aliphatic carbocycles. The summed E-state index contributed by atoms with van der Waals surface area (Å²) in [5, 5.41) is 0. The van der Waals surface area contributed by atoms with Gasteiger partial charge in [0.05, 0.1) is 71.2 Å². The highest BCUT2D eigenvalue weighted by Crippen LogP contribution is 2.49. The van der Waals surface area contributed by atoms with Crippen molar-refractivity contribution in [2.75, 3.05) is 79.9 Å². The molecule has 82 heavy (non-hydrogen) atoms. The average molecular weight is 1070 g/mol. The molecule has 4 aliphatic rings. The van der Waals surface area contributed by atoms with Gasteiger partial charge in [0.25, 0.3) is 0 Å². The summed E-state index contributed by atoms with van der Waals surface area (Å²) in [5.41, 5.74) is 18.1. The second kappa shape index (κ2) is 20.2. The predicted molar refractivity (Wildman–Crippen MR) is 334 cm³/mol. The summed E-state index contributed by atoms with van der Waals surface area (Å²) >= 11 is 0. The molecule has 6 heterocycles. The smallest absolute Gasteiger partial charge is 0.130 e. The second-order valence-electron chi connectivity index (χ2n) is 20.8. The van der Waals surface area contributed by atoms with Crippen molar-refractivity contribution >= 4 is 79.6 Å². The lowest BCUT2D eigenvalue weighted by Crippen LogP contribution is -2.25. The van der Waals surface area contributed by atoms with Crippen molar-refractivity contribution in [1.29, 1.82) is 0 Å². The molecule has 0 unspecified atom stereocenters. The van der Waals surface area contributed by atoms with Gasteiger partial charge in [0.2, 0.25) is 0 Å². The first-order valence-electron chi connectivity index (χ1n) is 28.9. The highest BCUT2D eigenvalue weighted by atomic mass is 16.5. The van der Waals surface area contributed by atoms with E-state index in [1.54, 1.807) is 12.4 Å². The van der Waals surface area contributed by atoms with Crippen LogP contribution in [0.4, 0.5) is 79.6 Å². The van der Waals surface area contributed by atoms with Crippen molar-refractivity contribution < 1.29 is 13.6 Å². The van der Waals surface area contributed by atoms with Crippen molar-refractivity contribution in [2.45, 2.75) is 0 Å². The van der Waals surface area contributed by atoms with Gasteiger partial charge in [-0.25, -0.2) is 0 Å². The topological polar surface area (TPSA) is 70.2 Å². The second-order valence-corrected chi connectivity index (χ2v) is 20.8. The fraction of sp³-hybridized carbons (Fsp3) is 0.0857. The molecule has 398 valence electrons. The largest absolute Gasteiger partial charge is 0.457 e. The van der Waals surface area contributed by atoms with E-state index in [2.05, 4.69) is 216 Å². The fourth-order valence-electron chi connectivity index (χ4n) is 11.8. The lowest BCUT2D eigenvalue weighted by Gasteiger charge is -2.25. The van der Waals surface area contributed by atoms with Crippen LogP contribution in [0.5, 0.6) is 23.0 Å². The summed E-state index contributed by atoms with van der Waals surface area (Å²) in [5.74, 6) is 2.79. The molecule has 2 aromatic heterocycles. The van der Waals surface area contributed by atoms with E-state index in [0.717, 1.165) is 108 Å². The summed E-state index contributed by atoms with van der Waals surface area (Å²) in [7, 11) is 2.09. The summed E-state index contributed by atoms with van der Waals surface area (Å²) in [6.07, 6.45) is 7.08. The minimum absolute atomic E-state index is 0.135. The van der Waals surface area contributed by atoms with Crippen molar-refractivity contribution in [3.63, 3.8) is 0 Å². The molecule has 0 fully saturated rings. The summed E-state index contributed by atoms with van der Waals surface area (Å²) in [6.45, 7) is -0.330. The zero-order chi connectivity index (χ0) is 57.2. The van der Waals surface area contributed by atoms with Gasteiger partial charge in [0, 0.05) is 88.9 Å². The van der Waals surface area contributed by atoms with Crippen molar-refractivity contribution in [1.82, 2.24) is 9.97 Å². The van der Waals surface area contributed by atoms with E-state index in [4.69, 9.17) is 13.6 Å². The van der Waals surface area contributed by atoms with Gasteiger partial charge in [0.15, 0.2) is 0 Å². The van der Waals surface area contributed by atoms with Crippen LogP contribution in [0.2, 0.25) is 0 Å². The van der Waals surface area contributed by atoms with Crippen molar-refractivity contribution in [3.8, 4) is 45.3 Å². The SMILES string of the molecule is [2H]C([2H])([2H])N1CN(c2cc(Oc3cccc(N4CN(c5ccc(N6CN(c7cccc(Oc8cc(-c9ccccc9)cc(N9CN(C)c%10cnccc%109)c8)c7)c7ccccc76)cc5)c5ccccc54)c3)cc(-c3ccccc3)c2)c2ccncc21. The molecule has 0 bridgehead atoms. The minimum Gasteiger partial charge on any atom is -0.457 e. The van der Waals surface area contributed by atoms with Crippen LogP contribution in [0.3, 0.4) is 0 Å². The molecule has 12 nitrogen and oxygen atoms in total. The van der Waals surface area contributed by atoms with E-state index >= 15 is 0 Å². The lowest BCUT2D eigenvalue weighted by atomic mass is 10.0. The maximum absolute atomic E-state index is 8.32. The minimum atomic E-state index is -2.35. The Bertz CT molecular complexity index is 4300. The van der Waals surface area contributed by atoms with Crippen LogP contribution in [0.1, 0.15) is 4.11 Å². The molecule has 11 aromatic rings. The highest BCUT2D eigenvalue weighted by molar-refractivity contribution is 5.91. The van der Waals surface area contributed by atoms with Gasteiger partial charge in [-0.05, 0) is 131 Å². The predicted octanol–water partition coefficient (Wildman–Crippen LogP) is 17.0. The Kier molecular flexibility index (Phi) is 11.1. The van der Waals surface area contributed by atoms with Crippen molar-refractivity contribution in [3.05, 3.63) is 255 Å². The fourth-order valence-corrected chi connectivity index (χ4v) is 11.8. The third kappa shape index (κ3) is 8.83. The van der Waals surface area contributed by atoms with Crippen LogP contribution in [0, 0.1) is 0 Å². The molecule has 0 radical (unpaired) electrons. The van der Waals surface area contributed by atoms with Crippen LogP contribution in [-0.4, -0.2) is 50.7 Å².